The van der Waals surface area contributed by atoms with Crippen molar-refractivity contribution in [3.05, 3.63) is 66.8 Å². The average Bonchev–Trinajstić information content (AvgIpc) is 3.52. The molecule has 5 N–H and O–H groups in total. The lowest BCUT2D eigenvalue weighted by molar-refractivity contribution is -0.134. The van der Waals surface area contributed by atoms with Gasteiger partial charge in [-0.05, 0) is 56.9 Å². The van der Waals surface area contributed by atoms with Crippen molar-refractivity contribution in [2.24, 2.45) is 17.8 Å². The third kappa shape index (κ3) is 12.6. The molecule has 254 valence electrons. The number of imidazole rings is 1. The number of hydrogen-bond acceptors (Lipinski definition) is 6. The fourth-order valence-electron chi connectivity index (χ4n) is 6.03. The van der Waals surface area contributed by atoms with Gasteiger partial charge in [-0.3, -0.25) is 9.59 Å². The zero-order valence-corrected chi connectivity index (χ0v) is 28.3. The van der Waals surface area contributed by atoms with E-state index >= 15 is 0 Å². The first kappa shape index (κ1) is 36.8. The normalized spacial score (nSPS) is 17.3. The summed E-state index contributed by atoms with van der Waals surface area (Å²) in [5, 5.41) is 20.2. The molecule has 10 heteroatoms. The minimum absolute atomic E-state index is 0.0939. The van der Waals surface area contributed by atoms with Gasteiger partial charge >= 0.3 is 6.09 Å². The molecule has 3 rings (SSSR count). The molecule has 0 spiro atoms. The third-order valence-corrected chi connectivity index (χ3v) is 8.67. The van der Waals surface area contributed by atoms with E-state index in [9.17, 15) is 19.5 Å². The first-order valence-electron chi connectivity index (χ1n) is 16.8. The van der Waals surface area contributed by atoms with Crippen LogP contribution in [-0.2, 0) is 27.2 Å². The van der Waals surface area contributed by atoms with Crippen LogP contribution in [0, 0.1) is 17.8 Å². The summed E-state index contributed by atoms with van der Waals surface area (Å²) in [5.41, 5.74) is 0.892. The lowest BCUT2D eigenvalue weighted by Crippen LogP contribution is -2.56. The Morgan fingerprint density at radius 1 is 1.07 bits per heavy atom. The fraction of sp³-hybridized carbons (Fsp3) is 0.611. The molecule has 1 saturated carbocycles. The van der Waals surface area contributed by atoms with Crippen molar-refractivity contribution < 1.29 is 24.2 Å². The van der Waals surface area contributed by atoms with E-state index in [-0.39, 0.29) is 18.8 Å². The summed E-state index contributed by atoms with van der Waals surface area (Å²) >= 11 is 0. The zero-order valence-electron chi connectivity index (χ0n) is 28.3. The van der Waals surface area contributed by atoms with E-state index in [1.54, 1.807) is 6.20 Å². The molecule has 1 heterocycles. The van der Waals surface area contributed by atoms with Gasteiger partial charge in [-0.15, -0.1) is 6.58 Å². The highest BCUT2D eigenvalue weighted by Crippen LogP contribution is 2.30. The van der Waals surface area contributed by atoms with E-state index in [1.165, 1.54) is 12.7 Å². The predicted octanol–water partition coefficient (Wildman–Crippen LogP) is 5.24. The molecule has 0 bridgehead atoms. The van der Waals surface area contributed by atoms with Gasteiger partial charge in [-0.25, -0.2) is 9.78 Å². The molecule has 5 atom stereocenters. The third-order valence-electron chi connectivity index (χ3n) is 8.67. The number of carbonyl (C=O) groups is 3. The van der Waals surface area contributed by atoms with E-state index in [2.05, 4.69) is 46.3 Å². The summed E-state index contributed by atoms with van der Waals surface area (Å²) in [6.45, 7) is 13.6. The molecule has 0 unspecified atom stereocenters. The number of ether oxygens (including phenoxy) is 1. The topological polar surface area (TPSA) is 145 Å². The molecular formula is C36H55N5O5. The minimum Gasteiger partial charge on any atom is -0.436 e. The lowest BCUT2D eigenvalue weighted by Gasteiger charge is -2.33. The molecule has 0 radical (unpaired) electrons. The Labute approximate surface area is 274 Å². The van der Waals surface area contributed by atoms with Gasteiger partial charge in [0, 0.05) is 30.3 Å². The van der Waals surface area contributed by atoms with Crippen molar-refractivity contribution in [1.82, 2.24) is 25.9 Å². The van der Waals surface area contributed by atoms with Crippen LogP contribution in [0.4, 0.5) is 4.79 Å². The van der Waals surface area contributed by atoms with Crippen LogP contribution in [0.25, 0.3) is 0 Å². The molecule has 2 aromatic rings. The smallest absolute Gasteiger partial charge is 0.408 e. The van der Waals surface area contributed by atoms with Crippen LogP contribution in [0.1, 0.15) is 90.8 Å². The number of aliphatic hydroxyl groups is 1. The van der Waals surface area contributed by atoms with Gasteiger partial charge in [0.25, 0.3) is 5.91 Å². The molecule has 3 amide bonds. The van der Waals surface area contributed by atoms with Crippen molar-refractivity contribution in [1.29, 1.82) is 0 Å². The Kier molecular flexibility index (Phi) is 14.3. The van der Waals surface area contributed by atoms with Crippen molar-refractivity contribution >= 4 is 17.9 Å². The summed E-state index contributed by atoms with van der Waals surface area (Å²) in [7, 11) is 0. The molecule has 1 aromatic heterocycles. The van der Waals surface area contributed by atoms with Crippen LogP contribution in [0.15, 0.2) is 55.5 Å². The fourth-order valence-corrected chi connectivity index (χ4v) is 6.03. The van der Waals surface area contributed by atoms with E-state index in [1.807, 2.05) is 57.2 Å². The maximum absolute atomic E-state index is 14.0. The van der Waals surface area contributed by atoms with Crippen molar-refractivity contribution in [3.63, 3.8) is 0 Å². The number of benzene rings is 1. The SMILES string of the molecule is C=C[C@@H](C[C@H](O)[C@H](CC1CCCCC1)NC(=O)[C@H](Cc1cnc[nH]1)NC(=O)[C@H](Cc1ccccc1)OC(=O)NC(C)(C)C)C(C)C. The molecule has 1 fully saturated rings. The van der Waals surface area contributed by atoms with Crippen LogP contribution >= 0.6 is 0 Å². The number of amides is 3. The van der Waals surface area contributed by atoms with Crippen molar-refractivity contribution in [2.75, 3.05) is 0 Å². The zero-order chi connectivity index (χ0) is 33.7. The number of H-pyrrole nitrogens is 1. The van der Waals surface area contributed by atoms with Gasteiger partial charge in [-0.1, -0.05) is 82.4 Å². The quantitative estimate of drug-likeness (QED) is 0.159. The van der Waals surface area contributed by atoms with E-state index < -0.39 is 47.7 Å². The van der Waals surface area contributed by atoms with Crippen LogP contribution < -0.4 is 16.0 Å². The summed E-state index contributed by atoms with van der Waals surface area (Å²) in [6, 6.07) is 7.77. The summed E-state index contributed by atoms with van der Waals surface area (Å²) in [4.78, 5) is 47.7. The molecule has 0 saturated heterocycles. The van der Waals surface area contributed by atoms with E-state index in [4.69, 9.17) is 4.74 Å². The van der Waals surface area contributed by atoms with Crippen LogP contribution in [0.2, 0.25) is 0 Å². The maximum atomic E-state index is 14.0. The van der Waals surface area contributed by atoms with Crippen molar-refractivity contribution in [3.8, 4) is 0 Å². The number of aliphatic hydroxyl groups excluding tert-OH is 1. The number of nitrogens with one attached hydrogen (secondary N) is 4. The number of rotatable bonds is 16. The number of aromatic amines is 1. The lowest BCUT2D eigenvalue weighted by atomic mass is 9.81. The molecule has 1 aliphatic rings. The first-order chi connectivity index (χ1) is 21.8. The second-order valence-electron chi connectivity index (χ2n) is 14.1. The van der Waals surface area contributed by atoms with Gasteiger partial charge < -0.3 is 30.8 Å². The highest BCUT2D eigenvalue weighted by molar-refractivity contribution is 5.90. The molecule has 46 heavy (non-hydrogen) atoms. The Hall–Kier alpha value is -3.66. The van der Waals surface area contributed by atoms with Gasteiger partial charge in [0.05, 0.1) is 18.5 Å². The summed E-state index contributed by atoms with van der Waals surface area (Å²) in [6.07, 6.45) is 9.33. The number of hydrogen-bond donors (Lipinski definition) is 5. The van der Waals surface area contributed by atoms with Crippen LogP contribution in [-0.4, -0.2) is 62.8 Å². The Bertz CT molecular complexity index is 1220. The maximum Gasteiger partial charge on any atom is 0.408 e. The number of alkyl carbamates (subject to hydrolysis) is 1. The molecule has 0 aliphatic heterocycles. The molecule has 10 nitrogen and oxygen atoms in total. The molecular weight excluding hydrogens is 582 g/mol. The van der Waals surface area contributed by atoms with Crippen LogP contribution in [0.3, 0.4) is 0 Å². The van der Waals surface area contributed by atoms with Gasteiger partial charge in [-0.2, -0.15) is 0 Å². The van der Waals surface area contributed by atoms with Gasteiger partial charge in [0.15, 0.2) is 6.10 Å². The predicted molar refractivity (Wildman–Crippen MR) is 180 cm³/mol. The van der Waals surface area contributed by atoms with E-state index in [0.29, 0.717) is 30.4 Å². The highest BCUT2D eigenvalue weighted by Gasteiger charge is 2.33. The number of allylic oxidation sites excluding steroid dienone is 1. The minimum atomic E-state index is -1.19. The Morgan fingerprint density at radius 2 is 1.76 bits per heavy atom. The van der Waals surface area contributed by atoms with Crippen LogP contribution in [0.5, 0.6) is 0 Å². The van der Waals surface area contributed by atoms with Gasteiger partial charge in [0.2, 0.25) is 5.91 Å². The number of carbonyl (C=O) groups excluding carboxylic acids is 3. The standard InChI is InChI=1S/C36H55N5O5/c1-7-27(24(2)3)20-31(42)29(18-25-14-10-8-11-15-25)39-33(43)30(21-28-22-37-23-38-28)40-34(44)32(19-26-16-12-9-13-17-26)46-35(45)41-36(4,5)6/h7,9,12-13,16-17,22-25,27,29-32,42H,1,8,10-11,14-15,18-21H2,2-6H3,(H,37,38)(H,39,43)(H,40,44)(H,41,45)/t27-,29-,30-,31-,32-/m0/s1. The highest BCUT2D eigenvalue weighted by atomic mass is 16.6. The van der Waals surface area contributed by atoms with E-state index in [0.717, 1.165) is 31.2 Å². The molecule has 1 aromatic carbocycles. The Morgan fingerprint density at radius 3 is 2.35 bits per heavy atom. The number of nitrogens with zero attached hydrogens (tertiary/aromatic N) is 1. The largest absolute Gasteiger partial charge is 0.436 e. The second-order valence-corrected chi connectivity index (χ2v) is 14.1. The van der Waals surface area contributed by atoms with Gasteiger partial charge in [0.1, 0.15) is 6.04 Å². The summed E-state index contributed by atoms with van der Waals surface area (Å²) in [5.74, 6) is -0.219. The number of aromatic nitrogens is 2. The molecule has 1 aliphatic carbocycles. The Balaban J connectivity index is 1.84. The first-order valence-corrected chi connectivity index (χ1v) is 16.8. The average molecular weight is 638 g/mol. The summed E-state index contributed by atoms with van der Waals surface area (Å²) < 4.78 is 5.64. The second kappa shape index (κ2) is 17.9. The van der Waals surface area contributed by atoms with Crippen molar-refractivity contribution in [2.45, 2.75) is 122 Å². The monoisotopic (exact) mass is 637 g/mol.